The van der Waals surface area contributed by atoms with Crippen LogP contribution >= 0.6 is 11.3 Å². The van der Waals surface area contributed by atoms with Gasteiger partial charge in [-0.3, -0.25) is 4.98 Å². The van der Waals surface area contributed by atoms with Crippen LogP contribution in [0.25, 0.3) is 0 Å². The van der Waals surface area contributed by atoms with E-state index in [0.29, 0.717) is 6.04 Å². The molecule has 0 aliphatic heterocycles. The predicted octanol–water partition coefficient (Wildman–Crippen LogP) is 3.69. The molecule has 0 spiro atoms. The maximum atomic E-state index is 4.41. The van der Waals surface area contributed by atoms with Gasteiger partial charge in [0.05, 0.1) is 5.69 Å². The number of nitrogens with one attached hydrogen (secondary N) is 1. The van der Waals surface area contributed by atoms with Crippen LogP contribution in [0, 0.1) is 6.92 Å². The third kappa shape index (κ3) is 3.14. The lowest BCUT2D eigenvalue weighted by Crippen LogP contribution is -2.20. The van der Waals surface area contributed by atoms with Crippen LogP contribution in [0.2, 0.25) is 0 Å². The van der Waals surface area contributed by atoms with Crippen molar-refractivity contribution in [1.82, 2.24) is 10.3 Å². The van der Waals surface area contributed by atoms with E-state index in [1.807, 2.05) is 23.6 Å². The molecular formula is C14H18N2S. The molecule has 17 heavy (non-hydrogen) atoms. The van der Waals surface area contributed by atoms with Crippen LogP contribution in [0.15, 0.2) is 35.8 Å². The van der Waals surface area contributed by atoms with Gasteiger partial charge in [-0.15, -0.1) is 11.3 Å². The smallest absolute Gasteiger partial charge is 0.0570 e. The van der Waals surface area contributed by atoms with Gasteiger partial charge in [0.25, 0.3) is 0 Å². The second-order valence-electron chi connectivity index (χ2n) is 4.12. The molecule has 2 aromatic heterocycles. The molecule has 0 fully saturated rings. The third-order valence-electron chi connectivity index (χ3n) is 2.93. The molecule has 0 saturated carbocycles. The van der Waals surface area contributed by atoms with E-state index in [0.717, 1.165) is 18.7 Å². The molecule has 0 aliphatic carbocycles. The van der Waals surface area contributed by atoms with Crippen LogP contribution in [0.1, 0.15) is 35.5 Å². The Hall–Kier alpha value is -1.19. The Morgan fingerprint density at radius 1 is 1.35 bits per heavy atom. The first-order valence-electron chi connectivity index (χ1n) is 5.98. The molecule has 0 saturated heterocycles. The Labute approximate surface area is 107 Å². The van der Waals surface area contributed by atoms with Gasteiger partial charge in [0.15, 0.2) is 0 Å². The second-order valence-corrected chi connectivity index (χ2v) is 5.10. The number of pyridine rings is 1. The highest BCUT2D eigenvalue weighted by Crippen LogP contribution is 2.22. The zero-order valence-corrected chi connectivity index (χ0v) is 11.1. The van der Waals surface area contributed by atoms with Gasteiger partial charge in [0.1, 0.15) is 0 Å². The SMILES string of the molecule is CCC(NCc1ncccc1C)c1cccs1. The summed E-state index contributed by atoms with van der Waals surface area (Å²) in [5, 5.41) is 5.71. The highest BCUT2D eigenvalue weighted by molar-refractivity contribution is 7.10. The number of aryl methyl sites for hydroxylation is 1. The molecule has 1 atom stereocenters. The van der Waals surface area contributed by atoms with Crippen molar-refractivity contribution < 1.29 is 0 Å². The van der Waals surface area contributed by atoms with Gasteiger partial charge >= 0.3 is 0 Å². The number of nitrogens with zero attached hydrogens (tertiary/aromatic N) is 1. The monoisotopic (exact) mass is 246 g/mol. The van der Waals surface area contributed by atoms with Gasteiger partial charge in [0, 0.05) is 23.7 Å². The van der Waals surface area contributed by atoms with E-state index in [1.54, 1.807) is 0 Å². The predicted molar refractivity (Wildman–Crippen MR) is 73.2 cm³/mol. The van der Waals surface area contributed by atoms with Crippen LogP contribution in [-0.2, 0) is 6.54 Å². The standard InChI is InChI=1S/C14H18N2S/c1-3-12(14-7-5-9-17-14)16-10-13-11(2)6-4-8-15-13/h4-9,12,16H,3,10H2,1-2H3. The summed E-state index contributed by atoms with van der Waals surface area (Å²) < 4.78 is 0. The number of aromatic nitrogens is 1. The summed E-state index contributed by atoms with van der Waals surface area (Å²) in [7, 11) is 0. The van der Waals surface area contributed by atoms with Crippen LogP contribution in [-0.4, -0.2) is 4.98 Å². The minimum Gasteiger partial charge on any atom is -0.304 e. The number of rotatable bonds is 5. The molecular weight excluding hydrogens is 228 g/mol. The highest BCUT2D eigenvalue weighted by Gasteiger charge is 2.10. The van der Waals surface area contributed by atoms with Crippen LogP contribution in [0.4, 0.5) is 0 Å². The average Bonchev–Trinajstić information content (AvgIpc) is 2.86. The largest absolute Gasteiger partial charge is 0.304 e. The summed E-state index contributed by atoms with van der Waals surface area (Å²) in [6.07, 6.45) is 2.96. The zero-order chi connectivity index (χ0) is 12.1. The normalized spacial score (nSPS) is 12.6. The molecule has 2 rings (SSSR count). The van der Waals surface area contributed by atoms with Gasteiger partial charge in [-0.1, -0.05) is 19.1 Å². The van der Waals surface area contributed by atoms with Crippen LogP contribution in [0.3, 0.4) is 0 Å². The first-order valence-corrected chi connectivity index (χ1v) is 6.86. The molecule has 90 valence electrons. The Morgan fingerprint density at radius 3 is 2.88 bits per heavy atom. The Morgan fingerprint density at radius 2 is 2.24 bits per heavy atom. The molecule has 0 radical (unpaired) electrons. The quantitative estimate of drug-likeness (QED) is 0.870. The Balaban J connectivity index is 2.00. The van der Waals surface area contributed by atoms with Gasteiger partial charge < -0.3 is 5.32 Å². The molecule has 2 nitrogen and oxygen atoms in total. The summed E-state index contributed by atoms with van der Waals surface area (Å²) in [6, 6.07) is 8.83. The van der Waals surface area contributed by atoms with Crippen LogP contribution < -0.4 is 5.32 Å². The minimum atomic E-state index is 0.441. The molecule has 0 bridgehead atoms. The second kappa shape index (κ2) is 5.94. The van der Waals surface area contributed by atoms with Crippen molar-refractivity contribution in [3.8, 4) is 0 Å². The van der Waals surface area contributed by atoms with E-state index < -0.39 is 0 Å². The molecule has 2 aromatic rings. The first-order chi connectivity index (χ1) is 8.31. The zero-order valence-electron chi connectivity index (χ0n) is 10.3. The van der Waals surface area contributed by atoms with Crippen molar-refractivity contribution in [2.75, 3.05) is 0 Å². The van der Waals surface area contributed by atoms with Gasteiger partial charge in [-0.2, -0.15) is 0 Å². The van der Waals surface area contributed by atoms with E-state index in [4.69, 9.17) is 0 Å². The first kappa shape index (κ1) is 12.3. The van der Waals surface area contributed by atoms with Crippen molar-refractivity contribution in [2.24, 2.45) is 0 Å². The topological polar surface area (TPSA) is 24.9 Å². The maximum Gasteiger partial charge on any atom is 0.0570 e. The summed E-state index contributed by atoms with van der Waals surface area (Å²) in [5.41, 5.74) is 2.39. The van der Waals surface area contributed by atoms with Crippen molar-refractivity contribution in [1.29, 1.82) is 0 Å². The summed E-state index contributed by atoms with van der Waals surface area (Å²) in [4.78, 5) is 5.81. The molecule has 0 amide bonds. The summed E-state index contributed by atoms with van der Waals surface area (Å²) in [5.74, 6) is 0. The third-order valence-corrected chi connectivity index (χ3v) is 3.91. The van der Waals surface area contributed by atoms with Gasteiger partial charge in [-0.25, -0.2) is 0 Å². The van der Waals surface area contributed by atoms with Crippen molar-refractivity contribution in [3.05, 3.63) is 52.0 Å². The molecule has 2 heterocycles. The maximum absolute atomic E-state index is 4.41. The Bertz CT molecular complexity index is 451. The molecule has 1 N–H and O–H groups in total. The number of hydrogen-bond donors (Lipinski definition) is 1. The molecule has 1 unspecified atom stereocenters. The lowest BCUT2D eigenvalue weighted by molar-refractivity contribution is 0.520. The van der Waals surface area contributed by atoms with E-state index >= 15 is 0 Å². The van der Waals surface area contributed by atoms with Gasteiger partial charge in [-0.05, 0) is 36.4 Å². The van der Waals surface area contributed by atoms with Gasteiger partial charge in [0.2, 0.25) is 0 Å². The minimum absolute atomic E-state index is 0.441. The fourth-order valence-corrected chi connectivity index (χ4v) is 2.74. The number of thiophene rings is 1. The highest BCUT2D eigenvalue weighted by atomic mass is 32.1. The average molecular weight is 246 g/mol. The van der Waals surface area contributed by atoms with Crippen molar-refractivity contribution in [3.63, 3.8) is 0 Å². The lowest BCUT2D eigenvalue weighted by atomic mass is 10.1. The van der Waals surface area contributed by atoms with E-state index in [-0.39, 0.29) is 0 Å². The van der Waals surface area contributed by atoms with Crippen molar-refractivity contribution >= 4 is 11.3 Å². The van der Waals surface area contributed by atoms with Crippen LogP contribution in [0.5, 0.6) is 0 Å². The molecule has 0 aromatic carbocycles. The fraction of sp³-hybridized carbons (Fsp3) is 0.357. The lowest BCUT2D eigenvalue weighted by Gasteiger charge is -2.15. The van der Waals surface area contributed by atoms with E-state index in [2.05, 4.69) is 47.7 Å². The summed E-state index contributed by atoms with van der Waals surface area (Å²) in [6.45, 7) is 5.15. The molecule has 0 aliphatic rings. The van der Waals surface area contributed by atoms with E-state index in [1.165, 1.54) is 10.4 Å². The Kier molecular flexibility index (Phi) is 4.29. The summed E-state index contributed by atoms with van der Waals surface area (Å²) >= 11 is 1.81. The fourth-order valence-electron chi connectivity index (χ4n) is 1.86. The van der Waals surface area contributed by atoms with Crippen molar-refractivity contribution in [2.45, 2.75) is 32.9 Å². The number of hydrogen-bond acceptors (Lipinski definition) is 3. The molecule has 3 heteroatoms. The van der Waals surface area contributed by atoms with E-state index in [9.17, 15) is 0 Å².